The Hall–Kier alpha value is -1.36. The lowest BCUT2D eigenvalue weighted by atomic mass is 9.89. The minimum atomic E-state index is 0.0733. The van der Waals surface area contributed by atoms with Crippen molar-refractivity contribution in [1.29, 1.82) is 0 Å². The van der Waals surface area contributed by atoms with Crippen LogP contribution < -0.4 is 5.32 Å². The average molecular weight is 318 g/mol. The van der Waals surface area contributed by atoms with Crippen molar-refractivity contribution < 1.29 is 4.79 Å². The van der Waals surface area contributed by atoms with Crippen LogP contribution in [0.1, 0.15) is 57.0 Å². The van der Waals surface area contributed by atoms with Gasteiger partial charge < -0.3 is 9.88 Å². The maximum absolute atomic E-state index is 11.8. The number of nitrogens with zero attached hydrogens (tertiary/aromatic N) is 3. The first-order valence-electron chi connectivity index (χ1n) is 9.28. The third-order valence-corrected chi connectivity index (χ3v) is 5.20. The van der Waals surface area contributed by atoms with Crippen LogP contribution in [0.15, 0.2) is 6.20 Å². The highest BCUT2D eigenvalue weighted by Gasteiger charge is 2.22. The molecular weight excluding hydrogens is 288 g/mol. The van der Waals surface area contributed by atoms with Crippen molar-refractivity contribution in [2.45, 2.75) is 65.0 Å². The number of amides is 1. The van der Waals surface area contributed by atoms with E-state index in [4.69, 9.17) is 0 Å². The molecule has 1 aromatic heterocycles. The number of fused-ring (bicyclic) bond motifs is 1. The topological polar surface area (TPSA) is 50.2 Å². The second-order valence-corrected chi connectivity index (χ2v) is 7.04. The van der Waals surface area contributed by atoms with Crippen LogP contribution in [0.25, 0.3) is 0 Å². The van der Waals surface area contributed by atoms with Gasteiger partial charge in [0.25, 0.3) is 0 Å². The maximum Gasteiger partial charge on any atom is 0.227 e. The largest absolute Gasteiger partial charge is 0.356 e. The molecule has 3 rings (SSSR count). The van der Waals surface area contributed by atoms with E-state index in [0.29, 0.717) is 13.0 Å². The molecule has 2 aliphatic rings. The van der Waals surface area contributed by atoms with Crippen LogP contribution in [-0.2, 0) is 24.3 Å². The van der Waals surface area contributed by atoms with Gasteiger partial charge in [0, 0.05) is 38.9 Å². The van der Waals surface area contributed by atoms with Crippen LogP contribution in [0.5, 0.6) is 0 Å². The molecule has 5 heteroatoms. The lowest BCUT2D eigenvalue weighted by Crippen LogP contribution is -2.30. The predicted octanol–water partition coefficient (Wildman–Crippen LogP) is 2.35. The van der Waals surface area contributed by atoms with Gasteiger partial charge in [-0.25, -0.2) is 4.98 Å². The SMILES string of the molecule is CCNC(=O)Cc1ncc2n1CCCN(CC1CCCCC1)C2. The lowest BCUT2D eigenvalue weighted by molar-refractivity contribution is -0.120. The fraction of sp³-hybridized carbons (Fsp3) is 0.778. The normalized spacial score (nSPS) is 20.0. The van der Waals surface area contributed by atoms with E-state index in [0.717, 1.165) is 31.3 Å². The standard InChI is InChI=1S/C18H30N4O/c1-2-19-18(23)11-17-20-12-16-14-21(9-6-10-22(16)17)13-15-7-4-3-5-8-15/h12,15H,2-11,13-14H2,1H3,(H,19,23). The van der Waals surface area contributed by atoms with Gasteiger partial charge in [0.1, 0.15) is 5.82 Å². The molecule has 1 N–H and O–H groups in total. The van der Waals surface area contributed by atoms with Crippen LogP contribution in [0.2, 0.25) is 0 Å². The van der Waals surface area contributed by atoms with E-state index in [1.54, 1.807) is 0 Å². The number of hydrogen-bond donors (Lipinski definition) is 1. The molecule has 0 atom stereocenters. The van der Waals surface area contributed by atoms with E-state index in [9.17, 15) is 4.79 Å². The number of likely N-dealkylation sites (N-methyl/N-ethyl adjacent to an activating group) is 1. The first kappa shape index (κ1) is 16.5. The fourth-order valence-corrected chi connectivity index (χ4v) is 4.05. The number of carbonyl (C=O) groups is 1. The van der Waals surface area contributed by atoms with Gasteiger partial charge in [-0.3, -0.25) is 9.69 Å². The molecule has 23 heavy (non-hydrogen) atoms. The monoisotopic (exact) mass is 318 g/mol. The summed E-state index contributed by atoms with van der Waals surface area (Å²) in [6.45, 7) is 7.01. The quantitative estimate of drug-likeness (QED) is 0.906. The number of aromatic nitrogens is 2. The van der Waals surface area contributed by atoms with Crippen LogP contribution in [-0.4, -0.2) is 40.0 Å². The summed E-state index contributed by atoms with van der Waals surface area (Å²) in [5, 5.41) is 2.87. The van der Waals surface area contributed by atoms with E-state index < -0.39 is 0 Å². The van der Waals surface area contributed by atoms with Crippen LogP contribution in [0.4, 0.5) is 0 Å². The maximum atomic E-state index is 11.8. The summed E-state index contributed by atoms with van der Waals surface area (Å²) in [6, 6.07) is 0. The van der Waals surface area contributed by atoms with Gasteiger partial charge in [0.15, 0.2) is 0 Å². The van der Waals surface area contributed by atoms with E-state index in [1.807, 2.05) is 13.1 Å². The second kappa shape index (κ2) is 7.95. The van der Waals surface area contributed by atoms with Gasteiger partial charge in [-0.2, -0.15) is 0 Å². The molecule has 1 amide bonds. The van der Waals surface area contributed by atoms with Crippen LogP contribution >= 0.6 is 0 Å². The average Bonchev–Trinajstić information content (AvgIpc) is 2.79. The highest BCUT2D eigenvalue weighted by atomic mass is 16.1. The Kier molecular flexibility index (Phi) is 5.70. The second-order valence-electron chi connectivity index (χ2n) is 7.04. The number of nitrogens with one attached hydrogen (secondary N) is 1. The molecule has 1 saturated carbocycles. The zero-order valence-corrected chi connectivity index (χ0v) is 14.4. The van der Waals surface area contributed by atoms with Gasteiger partial charge in [-0.15, -0.1) is 0 Å². The molecule has 0 bridgehead atoms. The molecule has 1 fully saturated rings. The molecular formula is C18H30N4O. The van der Waals surface area contributed by atoms with Gasteiger partial charge in [0.05, 0.1) is 12.1 Å². The molecule has 0 saturated heterocycles. The highest BCUT2D eigenvalue weighted by molar-refractivity contribution is 5.77. The Morgan fingerprint density at radius 3 is 2.87 bits per heavy atom. The smallest absolute Gasteiger partial charge is 0.227 e. The zero-order chi connectivity index (χ0) is 16.1. The molecule has 0 unspecified atom stereocenters. The van der Waals surface area contributed by atoms with E-state index in [-0.39, 0.29) is 5.91 Å². The van der Waals surface area contributed by atoms with Crippen molar-refractivity contribution in [1.82, 2.24) is 19.8 Å². The molecule has 0 radical (unpaired) electrons. The zero-order valence-electron chi connectivity index (χ0n) is 14.4. The van der Waals surface area contributed by atoms with Gasteiger partial charge in [0.2, 0.25) is 5.91 Å². The number of rotatable bonds is 5. The Morgan fingerprint density at radius 1 is 1.26 bits per heavy atom. The van der Waals surface area contributed by atoms with E-state index in [1.165, 1.54) is 50.9 Å². The minimum absolute atomic E-state index is 0.0733. The van der Waals surface area contributed by atoms with E-state index >= 15 is 0 Å². The molecule has 0 spiro atoms. The predicted molar refractivity (Wildman–Crippen MR) is 91.1 cm³/mol. The fourth-order valence-electron chi connectivity index (χ4n) is 4.05. The molecule has 1 aliphatic heterocycles. The van der Waals surface area contributed by atoms with Gasteiger partial charge in [-0.1, -0.05) is 19.3 Å². The summed E-state index contributed by atoms with van der Waals surface area (Å²) in [5.41, 5.74) is 1.28. The Bertz CT molecular complexity index is 519. The summed E-state index contributed by atoms with van der Waals surface area (Å²) in [6.07, 6.45) is 10.6. The molecule has 128 valence electrons. The van der Waals surface area contributed by atoms with Crippen molar-refractivity contribution in [2.24, 2.45) is 5.92 Å². The summed E-state index contributed by atoms with van der Waals surface area (Å²) in [4.78, 5) is 19.0. The van der Waals surface area contributed by atoms with Crippen LogP contribution in [0.3, 0.4) is 0 Å². The summed E-state index contributed by atoms with van der Waals surface area (Å²) >= 11 is 0. The van der Waals surface area contributed by atoms with Crippen molar-refractivity contribution in [3.63, 3.8) is 0 Å². The third kappa shape index (κ3) is 4.34. The molecule has 1 aliphatic carbocycles. The minimum Gasteiger partial charge on any atom is -0.356 e. The molecule has 1 aromatic rings. The van der Waals surface area contributed by atoms with Gasteiger partial charge >= 0.3 is 0 Å². The number of carbonyl (C=O) groups excluding carboxylic acids is 1. The Balaban J connectivity index is 1.62. The Morgan fingerprint density at radius 2 is 2.09 bits per heavy atom. The van der Waals surface area contributed by atoms with Crippen molar-refractivity contribution >= 4 is 5.91 Å². The third-order valence-electron chi connectivity index (χ3n) is 5.20. The molecule has 2 heterocycles. The van der Waals surface area contributed by atoms with Crippen molar-refractivity contribution in [3.05, 3.63) is 17.7 Å². The first-order chi connectivity index (χ1) is 11.3. The van der Waals surface area contributed by atoms with E-state index in [2.05, 4.69) is 19.8 Å². The van der Waals surface area contributed by atoms with Gasteiger partial charge in [-0.05, 0) is 32.1 Å². The molecule has 0 aromatic carbocycles. The summed E-state index contributed by atoms with van der Waals surface area (Å²) in [7, 11) is 0. The summed E-state index contributed by atoms with van der Waals surface area (Å²) < 4.78 is 2.27. The van der Waals surface area contributed by atoms with Crippen LogP contribution in [0, 0.1) is 5.92 Å². The summed E-state index contributed by atoms with van der Waals surface area (Å²) in [5.74, 6) is 1.88. The number of hydrogen-bond acceptors (Lipinski definition) is 3. The first-order valence-corrected chi connectivity index (χ1v) is 9.28. The number of imidazole rings is 1. The Labute approximate surface area is 139 Å². The van der Waals surface area contributed by atoms with Crippen molar-refractivity contribution in [2.75, 3.05) is 19.6 Å². The molecule has 5 nitrogen and oxygen atoms in total. The van der Waals surface area contributed by atoms with Crippen molar-refractivity contribution in [3.8, 4) is 0 Å². The lowest BCUT2D eigenvalue weighted by Gasteiger charge is -2.28. The highest BCUT2D eigenvalue weighted by Crippen LogP contribution is 2.26.